The molecule has 0 amide bonds. The molecule has 2 atom stereocenters. The first-order valence-electron chi connectivity index (χ1n) is 9.10. The van der Waals surface area contributed by atoms with E-state index in [1.807, 2.05) is 0 Å². The van der Waals surface area contributed by atoms with E-state index in [9.17, 15) is 23.0 Å². The Hall–Kier alpha value is -3.38. The van der Waals surface area contributed by atoms with Crippen molar-refractivity contribution in [3.63, 3.8) is 0 Å². The zero-order valence-electron chi connectivity index (χ0n) is 16.5. The van der Waals surface area contributed by atoms with Gasteiger partial charge in [-0.1, -0.05) is 0 Å². The smallest absolute Gasteiger partial charge is 0.220 e. The second-order valence-electron chi connectivity index (χ2n) is 7.61. The van der Waals surface area contributed by atoms with Crippen LogP contribution in [0.5, 0.6) is 5.75 Å². The predicted octanol–water partition coefficient (Wildman–Crippen LogP) is 1.32. The van der Waals surface area contributed by atoms with Crippen LogP contribution in [-0.2, 0) is 15.4 Å². The number of aromatic hydroxyl groups is 1. The van der Waals surface area contributed by atoms with Crippen LogP contribution in [0.3, 0.4) is 0 Å². The highest BCUT2D eigenvalue weighted by Gasteiger charge is 2.51. The van der Waals surface area contributed by atoms with E-state index in [1.54, 1.807) is 6.07 Å². The molecular formula is C19H19FN6O4S. The van der Waals surface area contributed by atoms with Gasteiger partial charge in [0, 0.05) is 17.1 Å². The number of nitrogens with zero attached hydrogens (tertiary/aromatic N) is 4. The number of hydrogen-bond acceptors (Lipinski definition) is 10. The van der Waals surface area contributed by atoms with Gasteiger partial charge in [0.2, 0.25) is 4.93 Å². The maximum atomic E-state index is 14.7. The molecule has 0 fully saturated rings. The van der Waals surface area contributed by atoms with Gasteiger partial charge in [0.25, 0.3) is 0 Å². The number of amidine groups is 1. The van der Waals surface area contributed by atoms with Crippen LogP contribution in [0.2, 0.25) is 0 Å². The fourth-order valence-corrected chi connectivity index (χ4v) is 5.00. The highest BCUT2D eigenvalue weighted by Crippen LogP contribution is 2.37. The maximum absolute atomic E-state index is 14.7. The molecule has 1 aliphatic rings. The lowest BCUT2D eigenvalue weighted by atomic mass is 9.94. The lowest BCUT2D eigenvalue weighted by Gasteiger charge is -2.36. The van der Waals surface area contributed by atoms with E-state index in [1.165, 1.54) is 31.5 Å². The molecule has 12 heteroatoms. The highest BCUT2D eigenvalue weighted by atomic mass is 32.2. The number of aromatic nitrogens is 3. The van der Waals surface area contributed by atoms with Crippen molar-refractivity contribution < 1.29 is 23.0 Å². The van der Waals surface area contributed by atoms with E-state index in [0.717, 1.165) is 13.1 Å². The summed E-state index contributed by atoms with van der Waals surface area (Å²) in [5.74, 6) is -1.50. The molecular weight excluding hydrogens is 427 g/mol. The molecule has 5 N–H and O–H groups in total. The largest absolute Gasteiger partial charge is 0.506 e. The van der Waals surface area contributed by atoms with E-state index in [4.69, 9.17) is 5.73 Å². The Bertz CT molecular complexity index is 1340. The van der Waals surface area contributed by atoms with Crippen molar-refractivity contribution in [3.8, 4) is 5.75 Å². The Morgan fingerprint density at radius 3 is 2.65 bits per heavy atom. The minimum absolute atomic E-state index is 0.00962. The summed E-state index contributed by atoms with van der Waals surface area (Å²) in [7, 11) is -4.14. The van der Waals surface area contributed by atoms with E-state index < -0.39 is 37.7 Å². The molecule has 0 aliphatic carbocycles. The summed E-state index contributed by atoms with van der Waals surface area (Å²) in [6.45, 7) is 2.45. The molecule has 3 aromatic heterocycles. The molecule has 0 radical (unpaired) electrons. The van der Waals surface area contributed by atoms with E-state index in [-0.39, 0.29) is 17.1 Å². The van der Waals surface area contributed by atoms with Crippen molar-refractivity contribution in [2.24, 2.45) is 10.7 Å². The number of nitrogens with two attached hydrogens (primary N) is 1. The van der Waals surface area contributed by atoms with Crippen LogP contribution >= 0.6 is 0 Å². The highest BCUT2D eigenvalue weighted by molar-refractivity contribution is 7.93. The molecule has 3 aromatic rings. The van der Waals surface area contributed by atoms with Gasteiger partial charge in [-0.25, -0.2) is 27.8 Å². The molecule has 10 nitrogen and oxygen atoms in total. The first-order valence-corrected chi connectivity index (χ1v) is 10.8. The van der Waals surface area contributed by atoms with Gasteiger partial charge in [0.1, 0.15) is 34.3 Å². The van der Waals surface area contributed by atoms with Crippen LogP contribution < -0.4 is 11.1 Å². The van der Waals surface area contributed by atoms with Crippen molar-refractivity contribution in [3.05, 3.63) is 48.2 Å². The lowest BCUT2D eigenvalue weighted by molar-refractivity contribution is 0.204. The third-order valence-corrected chi connectivity index (χ3v) is 7.55. The van der Waals surface area contributed by atoms with Crippen LogP contribution in [0, 0.1) is 5.82 Å². The topological polar surface area (TPSA) is 164 Å². The lowest BCUT2D eigenvalue weighted by Crippen LogP contribution is -2.56. The molecule has 0 bridgehead atoms. The number of anilines is 2. The molecule has 0 saturated carbocycles. The van der Waals surface area contributed by atoms with Gasteiger partial charge in [-0.05, 0) is 32.0 Å². The molecule has 4 rings (SSSR count). The van der Waals surface area contributed by atoms with Crippen molar-refractivity contribution in [1.82, 2.24) is 15.0 Å². The number of aliphatic hydroxyl groups is 1. The van der Waals surface area contributed by atoms with Crippen LogP contribution in [0.25, 0.3) is 10.9 Å². The van der Waals surface area contributed by atoms with E-state index in [0.29, 0.717) is 16.7 Å². The Balaban J connectivity index is 1.78. The Labute approximate surface area is 176 Å². The Kier molecular flexibility index (Phi) is 4.59. The molecule has 4 heterocycles. The van der Waals surface area contributed by atoms with Gasteiger partial charge < -0.3 is 21.3 Å². The van der Waals surface area contributed by atoms with Crippen LogP contribution in [0.1, 0.15) is 19.4 Å². The zero-order valence-corrected chi connectivity index (χ0v) is 17.4. The summed E-state index contributed by atoms with van der Waals surface area (Å²) in [4.78, 5) is 14.1. The maximum Gasteiger partial charge on any atom is 0.220 e. The van der Waals surface area contributed by atoms with Gasteiger partial charge >= 0.3 is 0 Å². The standard InChI is InChI=1S/C19H19FN6O4S/c1-18(9-31(29,30)19(2,28)17(21)26-18)12-6-14(23-8-13(12)20)25-16-15-10(3-4-22-16)5-11(27)7-24-15/h3-8,27-28H,9H2,1-2H3,(H2,21,26)(H,22,23,25)/t18-,19+/m0/s1. The van der Waals surface area contributed by atoms with Crippen LogP contribution in [-0.4, -0.2) is 50.1 Å². The molecule has 31 heavy (non-hydrogen) atoms. The second-order valence-corrected chi connectivity index (χ2v) is 9.93. The van der Waals surface area contributed by atoms with Gasteiger partial charge in [0.15, 0.2) is 15.7 Å². The third kappa shape index (κ3) is 3.43. The number of fused-ring (bicyclic) bond motifs is 1. The summed E-state index contributed by atoms with van der Waals surface area (Å²) < 4.78 is 39.8. The van der Waals surface area contributed by atoms with Crippen molar-refractivity contribution in [2.45, 2.75) is 24.3 Å². The molecule has 162 valence electrons. The van der Waals surface area contributed by atoms with Gasteiger partial charge in [-0.2, -0.15) is 0 Å². The zero-order chi connectivity index (χ0) is 22.6. The molecule has 1 aliphatic heterocycles. The Morgan fingerprint density at radius 2 is 1.94 bits per heavy atom. The fraction of sp³-hybridized carbons (Fsp3) is 0.263. The predicted molar refractivity (Wildman–Crippen MR) is 112 cm³/mol. The van der Waals surface area contributed by atoms with Gasteiger partial charge in [-0.3, -0.25) is 4.99 Å². The minimum atomic E-state index is -4.14. The van der Waals surface area contributed by atoms with Crippen LogP contribution in [0.4, 0.5) is 16.0 Å². The molecule has 0 spiro atoms. The Morgan fingerprint density at radius 1 is 1.19 bits per heavy atom. The van der Waals surface area contributed by atoms with E-state index >= 15 is 0 Å². The first kappa shape index (κ1) is 20.9. The number of aliphatic imine (C=N–C) groups is 1. The summed E-state index contributed by atoms with van der Waals surface area (Å²) >= 11 is 0. The fourth-order valence-electron chi connectivity index (χ4n) is 3.39. The number of halogens is 1. The number of nitrogens with one attached hydrogen (secondary N) is 1. The van der Waals surface area contributed by atoms with E-state index in [2.05, 4.69) is 25.3 Å². The van der Waals surface area contributed by atoms with Gasteiger partial charge in [-0.15, -0.1) is 0 Å². The van der Waals surface area contributed by atoms with Crippen molar-refractivity contribution in [2.75, 3.05) is 11.1 Å². The minimum Gasteiger partial charge on any atom is -0.506 e. The summed E-state index contributed by atoms with van der Waals surface area (Å²) in [6.07, 6.45) is 3.69. The summed E-state index contributed by atoms with van der Waals surface area (Å²) in [5, 5.41) is 23.3. The summed E-state index contributed by atoms with van der Waals surface area (Å²) in [6, 6.07) is 4.48. The molecule has 0 saturated heterocycles. The number of rotatable bonds is 3. The SMILES string of the molecule is C[C@]1(O)C(N)=N[C@](C)(c2cc(Nc3nccc4cc(O)cnc34)ncc2F)CS1(=O)=O. The van der Waals surface area contributed by atoms with Crippen molar-refractivity contribution in [1.29, 1.82) is 0 Å². The normalized spacial score (nSPS) is 25.2. The average molecular weight is 446 g/mol. The third-order valence-electron chi connectivity index (χ3n) is 5.19. The summed E-state index contributed by atoms with van der Waals surface area (Å²) in [5.41, 5.74) is 4.51. The first-order chi connectivity index (χ1) is 14.4. The quantitative estimate of drug-likeness (QED) is 0.464. The van der Waals surface area contributed by atoms with Crippen LogP contribution in [0.15, 0.2) is 41.8 Å². The number of hydrogen-bond donors (Lipinski definition) is 4. The average Bonchev–Trinajstić information content (AvgIpc) is 2.67. The molecule has 0 aromatic carbocycles. The number of sulfone groups is 1. The van der Waals surface area contributed by atoms with Gasteiger partial charge in [0.05, 0.1) is 18.1 Å². The second kappa shape index (κ2) is 6.82. The van der Waals surface area contributed by atoms with Crippen molar-refractivity contribution >= 4 is 38.2 Å². The number of pyridine rings is 3. The molecule has 0 unspecified atom stereocenters. The monoisotopic (exact) mass is 446 g/mol.